The van der Waals surface area contributed by atoms with E-state index in [9.17, 15) is 4.79 Å². The minimum absolute atomic E-state index is 0.147. The second-order valence-electron chi connectivity index (χ2n) is 3.81. The van der Waals surface area contributed by atoms with Crippen molar-refractivity contribution in [3.63, 3.8) is 0 Å². The first-order valence-corrected chi connectivity index (χ1v) is 5.38. The van der Waals surface area contributed by atoms with Gasteiger partial charge in [-0.2, -0.15) is 0 Å². The monoisotopic (exact) mass is 206 g/mol. The second-order valence-corrected chi connectivity index (χ2v) is 3.81. The summed E-state index contributed by atoms with van der Waals surface area (Å²) >= 11 is 0. The molecule has 0 aliphatic heterocycles. The van der Waals surface area contributed by atoms with E-state index in [1.54, 1.807) is 0 Å². The molecule has 0 aromatic heterocycles. The third-order valence-corrected chi connectivity index (χ3v) is 2.55. The Bertz CT molecular complexity index is 288. The number of amides is 1. The quantitative estimate of drug-likeness (QED) is 0.520. The van der Waals surface area contributed by atoms with Crippen molar-refractivity contribution in [2.45, 2.75) is 38.1 Å². The Kier molecular flexibility index (Phi) is 4.92. The molecule has 0 radical (unpaired) electrons. The fourth-order valence-corrected chi connectivity index (χ4v) is 1.66. The van der Waals surface area contributed by atoms with E-state index in [0.717, 1.165) is 6.42 Å². The Balaban J connectivity index is 2.14. The van der Waals surface area contributed by atoms with Crippen molar-refractivity contribution in [2.75, 3.05) is 6.54 Å². The Morgan fingerprint density at radius 1 is 1.73 bits per heavy atom. The van der Waals surface area contributed by atoms with E-state index in [1.165, 1.54) is 24.8 Å². The van der Waals surface area contributed by atoms with Crippen LogP contribution < -0.4 is 11.1 Å². The van der Waals surface area contributed by atoms with Gasteiger partial charge in [0.15, 0.2) is 0 Å². The first-order valence-electron chi connectivity index (χ1n) is 5.38. The molecule has 0 aromatic carbocycles. The second kappa shape index (κ2) is 6.26. The molecule has 82 valence electrons. The van der Waals surface area contributed by atoms with Crippen molar-refractivity contribution in [1.82, 2.24) is 5.32 Å². The number of hydrogen-bond donors (Lipinski definition) is 2. The van der Waals surface area contributed by atoms with E-state index >= 15 is 0 Å². The van der Waals surface area contributed by atoms with Gasteiger partial charge in [-0.25, -0.2) is 0 Å². The van der Waals surface area contributed by atoms with Gasteiger partial charge in [0.05, 0.1) is 6.04 Å². The summed E-state index contributed by atoms with van der Waals surface area (Å²) in [6.07, 6.45) is 12.2. The Labute approximate surface area is 91.1 Å². The smallest absolute Gasteiger partial charge is 0.237 e. The Morgan fingerprint density at radius 3 is 3.13 bits per heavy atom. The standard InChI is InChI=1S/C12H18N2O/c1-2-5-11(13)12(15)14-9-8-10-6-3-4-7-10/h1,6,11H,3-5,7-9,13H2,(H,14,15). The summed E-state index contributed by atoms with van der Waals surface area (Å²) in [4.78, 5) is 11.4. The predicted molar refractivity (Wildman–Crippen MR) is 61.0 cm³/mol. The molecule has 0 bridgehead atoms. The number of terminal acetylenes is 1. The largest absolute Gasteiger partial charge is 0.354 e. The fourth-order valence-electron chi connectivity index (χ4n) is 1.66. The van der Waals surface area contributed by atoms with Gasteiger partial charge in [-0.3, -0.25) is 4.79 Å². The highest BCUT2D eigenvalue weighted by molar-refractivity contribution is 5.81. The van der Waals surface area contributed by atoms with E-state index in [2.05, 4.69) is 17.3 Å². The first-order chi connectivity index (χ1) is 7.24. The molecule has 1 rings (SSSR count). The van der Waals surface area contributed by atoms with E-state index in [0.29, 0.717) is 13.0 Å². The third-order valence-electron chi connectivity index (χ3n) is 2.55. The average molecular weight is 206 g/mol. The van der Waals surface area contributed by atoms with Crippen molar-refractivity contribution in [3.05, 3.63) is 11.6 Å². The van der Waals surface area contributed by atoms with Gasteiger partial charge in [0.2, 0.25) is 5.91 Å². The Morgan fingerprint density at radius 2 is 2.53 bits per heavy atom. The van der Waals surface area contributed by atoms with Crippen molar-refractivity contribution < 1.29 is 4.79 Å². The molecule has 15 heavy (non-hydrogen) atoms. The number of nitrogens with one attached hydrogen (secondary N) is 1. The molecule has 0 heterocycles. The van der Waals surface area contributed by atoms with Gasteiger partial charge in [-0.1, -0.05) is 11.6 Å². The minimum atomic E-state index is -0.562. The molecule has 1 amide bonds. The van der Waals surface area contributed by atoms with Crippen LogP contribution in [0, 0.1) is 12.3 Å². The molecule has 1 unspecified atom stereocenters. The van der Waals surface area contributed by atoms with Gasteiger partial charge < -0.3 is 11.1 Å². The molecule has 0 saturated heterocycles. The fraction of sp³-hybridized carbons (Fsp3) is 0.583. The number of carbonyl (C=O) groups is 1. The van der Waals surface area contributed by atoms with E-state index in [-0.39, 0.29) is 5.91 Å². The van der Waals surface area contributed by atoms with Crippen LogP contribution in [0.4, 0.5) is 0 Å². The Hall–Kier alpha value is -1.27. The van der Waals surface area contributed by atoms with Crippen LogP contribution in [0.2, 0.25) is 0 Å². The van der Waals surface area contributed by atoms with E-state index < -0.39 is 6.04 Å². The van der Waals surface area contributed by atoms with Gasteiger partial charge in [-0.05, 0) is 25.7 Å². The lowest BCUT2D eigenvalue weighted by molar-refractivity contribution is -0.122. The lowest BCUT2D eigenvalue weighted by atomic mass is 10.1. The van der Waals surface area contributed by atoms with E-state index in [4.69, 9.17) is 12.2 Å². The molecule has 3 N–H and O–H groups in total. The third kappa shape index (κ3) is 4.18. The summed E-state index contributed by atoms with van der Waals surface area (Å²) in [6, 6.07) is -0.562. The molecule has 1 aliphatic rings. The number of allylic oxidation sites excluding steroid dienone is 1. The highest BCUT2D eigenvalue weighted by Gasteiger charge is 2.11. The zero-order valence-corrected chi connectivity index (χ0v) is 8.96. The van der Waals surface area contributed by atoms with E-state index in [1.807, 2.05) is 0 Å². The van der Waals surface area contributed by atoms with Crippen LogP contribution >= 0.6 is 0 Å². The summed E-state index contributed by atoms with van der Waals surface area (Å²) in [5.74, 6) is 2.24. The number of hydrogen-bond acceptors (Lipinski definition) is 2. The highest BCUT2D eigenvalue weighted by atomic mass is 16.2. The summed E-state index contributed by atoms with van der Waals surface area (Å²) in [7, 11) is 0. The average Bonchev–Trinajstić information content (AvgIpc) is 2.71. The van der Waals surface area contributed by atoms with Crippen LogP contribution in [-0.2, 0) is 4.79 Å². The molecule has 0 saturated carbocycles. The zero-order chi connectivity index (χ0) is 11.1. The van der Waals surface area contributed by atoms with Gasteiger partial charge >= 0.3 is 0 Å². The molecular weight excluding hydrogens is 188 g/mol. The van der Waals surface area contributed by atoms with Crippen LogP contribution in [-0.4, -0.2) is 18.5 Å². The molecule has 3 nitrogen and oxygen atoms in total. The van der Waals surface area contributed by atoms with Gasteiger partial charge in [0.1, 0.15) is 0 Å². The summed E-state index contributed by atoms with van der Waals surface area (Å²) in [5, 5.41) is 2.79. The first kappa shape index (κ1) is 11.8. The number of nitrogens with two attached hydrogens (primary N) is 1. The van der Waals surface area contributed by atoms with Gasteiger partial charge in [-0.15, -0.1) is 12.3 Å². The van der Waals surface area contributed by atoms with Crippen LogP contribution in [0.1, 0.15) is 32.1 Å². The molecule has 0 spiro atoms. The predicted octanol–water partition coefficient (Wildman–Crippen LogP) is 0.954. The zero-order valence-electron chi connectivity index (χ0n) is 8.96. The lowest BCUT2D eigenvalue weighted by Gasteiger charge is -2.09. The van der Waals surface area contributed by atoms with Crippen LogP contribution in [0.5, 0.6) is 0 Å². The van der Waals surface area contributed by atoms with Crippen molar-refractivity contribution in [3.8, 4) is 12.3 Å². The molecule has 0 fully saturated rings. The number of rotatable bonds is 5. The van der Waals surface area contributed by atoms with Crippen molar-refractivity contribution in [1.29, 1.82) is 0 Å². The maximum atomic E-state index is 11.4. The van der Waals surface area contributed by atoms with Gasteiger partial charge in [0, 0.05) is 13.0 Å². The summed E-state index contributed by atoms with van der Waals surface area (Å²) < 4.78 is 0. The molecular formula is C12H18N2O. The topological polar surface area (TPSA) is 55.1 Å². The molecule has 3 heteroatoms. The van der Waals surface area contributed by atoms with Crippen molar-refractivity contribution >= 4 is 5.91 Å². The SMILES string of the molecule is C#CCC(N)C(=O)NCCC1=CCCC1. The summed E-state index contributed by atoms with van der Waals surface area (Å²) in [5.41, 5.74) is 7.00. The molecule has 1 aliphatic carbocycles. The van der Waals surface area contributed by atoms with Crippen molar-refractivity contribution in [2.24, 2.45) is 5.73 Å². The minimum Gasteiger partial charge on any atom is -0.354 e. The maximum Gasteiger partial charge on any atom is 0.237 e. The van der Waals surface area contributed by atoms with Gasteiger partial charge in [0.25, 0.3) is 0 Å². The molecule has 1 atom stereocenters. The van der Waals surface area contributed by atoms with Crippen LogP contribution in [0.3, 0.4) is 0 Å². The lowest BCUT2D eigenvalue weighted by Crippen LogP contribution is -2.40. The normalized spacial score (nSPS) is 16.7. The molecule has 0 aromatic rings. The maximum absolute atomic E-state index is 11.4. The highest BCUT2D eigenvalue weighted by Crippen LogP contribution is 2.19. The van der Waals surface area contributed by atoms with Crippen LogP contribution in [0.15, 0.2) is 11.6 Å². The summed E-state index contributed by atoms with van der Waals surface area (Å²) in [6.45, 7) is 0.670. The van der Waals surface area contributed by atoms with Crippen LogP contribution in [0.25, 0.3) is 0 Å². The number of carbonyl (C=O) groups excluding carboxylic acids is 1.